The van der Waals surface area contributed by atoms with Gasteiger partial charge in [-0.2, -0.15) is 0 Å². The number of carbonyl (C=O) groups is 2. The van der Waals surface area contributed by atoms with E-state index in [2.05, 4.69) is 10.6 Å². The van der Waals surface area contributed by atoms with Crippen molar-refractivity contribution in [2.24, 2.45) is 0 Å². The summed E-state index contributed by atoms with van der Waals surface area (Å²) < 4.78 is 0. The van der Waals surface area contributed by atoms with Crippen molar-refractivity contribution < 1.29 is 9.59 Å². The highest BCUT2D eigenvalue weighted by Crippen LogP contribution is 2.07. The van der Waals surface area contributed by atoms with Gasteiger partial charge in [-0.15, -0.1) is 0 Å². The fourth-order valence-corrected chi connectivity index (χ4v) is 2.51. The second-order valence-electron chi connectivity index (χ2n) is 5.74. The lowest BCUT2D eigenvalue weighted by Crippen LogP contribution is -2.24. The van der Waals surface area contributed by atoms with E-state index in [1.54, 1.807) is 0 Å². The maximum absolute atomic E-state index is 11.6. The van der Waals surface area contributed by atoms with E-state index in [4.69, 9.17) is 0 Å². The molecule has 0 radical (unpaired) electrons. The Morgan fingerprint density at radius 3 is 1.30 bits per heavy atom. The highest BCUT2D eigenvalue weighted by molar-refractivity contribution is 5.76. The fraction of sp³-hybridized carbons (Fsp3) is 0.875. The van der Waals surface area contributed by atoms with Crippen molar-refractivity contribution in [3.63, 3.8) is 0 Å². The average Bonchev–Trinajstić information content (AvgIpc) is 2.43. The predicted molar refractivity (Wildman–Crippen MR) is 81.4 cm³/mol. The van der Waals surface area contributed by atoms with Crippen molar-refractivity contribution in [2.75, 3.05) is 13.1 Å². The zero-order valence-electron chi connectivity index (χ0n) is 12.7. The Morgan fingerprint density at radius 1 is 0.500 bits per heavy atom. The summed E-state index contributed by atoms with van der Waals surface area (Å²) in [5, 5.41) is 5.98. The maximum atomic E-state index is 11.6. The van der Waals surface area contributed by atoms with Gasteiger partial charge in [-0.3, -0.25) is 9.59 Å². The third-order valence-corrected chi connectivity index (χ3v) is 3.81. The summed E-state index contributed by atoms with van der Waals surface area (Å²) in [6.07, 6.45) is 12.2. The van der Waals surface area contributed by atoms with Crippen LogP contribution >= 0.6 is 0 Å². The Labute approximate surface area is 123 Å². The molecule has 2 N–H and O–H groups in total. The summed E-state index contributed by atoms with van der Waals surface area (Å²) in [5.41, 5.74) is 0. The molecule has 1 aliphatic heterocycles. The van der Waals surface area contributed by atoms with Crippen molar-refractivity contribution in [2.45, 2.75) is 77.0 Å². The molecule has 0 atom stereocenters. The van der Waals surface area contributed by atoms with E-state index in [1.165, 1.54) is 25.7 Å². The van der Waals surface area contributed by atoms with Gasteiger partial charge in [0.25, 0.3) is 0 Å². The molecular formula is C16H30N2O2. The third kappa shape index (κ3) is 9.82. The van der Waals surface area contributed by atoms with Crippen LogP contribution in [-0.4, -0.2) is 24.9 Å². The Hall–Kier alpha value is -1.06. The van der Waals surface area contributed by atoms with Crippen LogP contribution in [0.1, 0.15) is 77.0 Å². The quantitative estimate of drug-likeness (QED) is 0.717. The third-order valence-electron chi connectivity index (χ3n) is 3.81. The van der Waals surface area contributed by atoms with Gasteiger partial charge in [-0.05, 0) is 25.7 Å². The highest BCUT2D eigenvalue weighted by atomic mass is 16.2. The summed E-state index contributed by atoms with van der Waals surface area (Å²) in [5.74, 6) is 0.368. The van der Waals surface area contributed by atoms with Crippen molar-refractivity contribution in [3.05, 3.63) is 0 Å². The van der Waals surface area contributed by atoms with E-state index in [1.807, 2.05) is 0 Å². The first kappa shape index (κ1) is 17.0. The number of nitrogens with one attached hydrogen (secondary N) is 2. The molecule has 0 bridgehead atoms. The normalized spacial score (nSPS) is 22.2. The van der Waals surface area contributed by atoms with E-state index in [0.717, 1.165) is 51.6 Å². The molecular weight excluding hydrogens is 252 g/mol. The molecule has 20 heavy (non-hydrogen) atoms. The minimum atomic E-state index is 0.184. The second kappa shape index (κ2) is 11.7. The van der Waals surface area contributed by atoms with Gasteiger partial charge in [0.15, 0.2) is 0 Å². The Balaban J connectivity index is 2.19. The zero-order valence-corrected chi connectivity index (χ0v) is 12.7. The van der Waals surface area contributed by atoms with Gasteiger partial charge in [-0.1, -0.05) is 38.5 Å². The van der Waals surface area contributed by atoms with Crippen LogP contribution in [0.4, 0.5) is 0 Å². The van der Waals surface area contributed by atoms with Crippen LogP contribution in [-0.2, 0) is 9.59 Å². The molecule has 0 aromatic carbocycles. The minimum absolute atomic E-state index is 0.184. The SMILES string of the molecule is O=C1CCCCCCC(=O)NCCCCCCCCN1. The number of carbonyl (C=O) groups excluding carboxylic acids is 2. The first-order chi connectivity index (χ1) is 9.79. The topological polar surface area (TPSA) is 58.2 Å². The molecule has 4 nitrogen and oxygen atoms in total. The van der Waals surface area contributed by atoms with Crippen molar-refractivity contribution in [1.82, 2.24) is 10.6 Å². The zero-order chi connectivity index (χ0) is 14.5. The van der Waals surface area contributed by atoms with Gasteiger partial charge in [-0.25, -0.2) is 0 Å². The number of rotatable bonds is 0. The molecule has 1 heterocycles. The minimum Gasteiger partial charge on any atom is -0.356 e. The summed E-state index contributed by atoms with van der Waals surface area (Å²) in [4.78, 5) is 23.1. The van der Waals surface area contributed by atoms with E-state index in [0.29, 0.717) is 12.8 Å². The predicted octanol–water partition coefficient (Wildman–Crippen LogP) is 2.91. The molecule has 116 valence electrons. The molecule has 1 aliphatic rings. The monoisotopic (exact) mass is 282 g/mol. The summed E-state index contributed by atoms with van der Waals surface area (Å²) in [7, 11) is 0. The molecule has 0 aromatic rings. The van der Waals surface area contributed by atoms with Crippen molar-refractivity contribution in [3.8, 4) is 0 Å². The van der Waals surface area contributed by atoms with Gasteiger partial charge in [0.2, 0.25) is 11.8 Å². The number of amides is 2. The molecule has 0 aromatic heterocycles. The van der Waals surface area contributed by atoms with Crippen LogP contribution in [0.15, 0.2) is 0 Å². The molecule has 0 saturated carbocycles. The standard InChI is InChI=1S/C16H30N2O2/c19-15-11-7-3-4-8-12-16(20)18-14-10-6-2-1-5-9-13-17-15/h1-14H2,(H,17,19)(H,18,20). The maximum Gasteiger partial charge on any atom is 0.219 e. The Kier molecular flexibility index (Phi) is 9.98. The van der Waals surface area contributed by atoms with Crippen molar-refractivity contribution >= 4 is 11.8 Å². The molecule has 1 fully saturated rings. The van der Waals surface area contributed by atoms with Gasteiger partial charge in [0.05, 0.1) is 0 Å². The van der Waals surface area contributed by atoms with Crippen LogP contribution < -0.4 is 10.6 Å². The van der Waals surface area contributed by atoms with E-state index in [-0.39, 0.29) is 11.8 Å². The Bertz CT molecular complexity index is 252. The van der Waals surface area contributed by atoms with Crippen LogP contribution in [0.25, 0.3) is 0 Å². The van der Waals surface area contributed by atoms with Crippen LogP contribution in [0.5, 0.6) is 0 Å². The lowest BCUT2D eigenvalue weighted by atomic mass is 10.1. The summed E-state index contributed by atoms with van der Waals surface area (Å²) in [6, 6.07) is 0. The molecule has 1 saturated heterocycles. The average molecular weight is 282 g/mol. The summed E-state index contributed by atoms with van der Waals surface area (Å²) in [6.45, 7) is 1.66. The van der Waals surface area contributed by atoms with Gasteiger partial charge in [0.1, 0.15) is 0 Å². The highest BCUT2D eigenvalue weighted by Gasteiger charge is 2.03. The number of hydrogen-bond acceptors (Lipinski definition) is 2. The Morgan fingerprint density at radius 2 is 0.850 bits per heavy atom. The van der Waals surface area contributed by atoms with Crippen molar-refractivity contribution in [1.29, 1.82) is 0 Å². The lowest BCUT2D eigenvalue weighted by Gasteiger charge is -2.08. The number of hydrogen-bond donors (Lipinski definition) is 2. The first-order valence-electron chi connectivity index (χ1n) is 8.32. The van der Waals surface area contributed by atoms with Gasteiger partial charge >= 0.3 is 0 Å². The molecule has 0 unspecified atom stereocenters. The first-order valence-corrected chi connectivity index (χ1v) is 8.32. The summed E-state index contributed by atoms with van der Waals surface area (Å²) >= 11 is 0. The van der Waals surface area contributed by atoms with Crippen LogP contribution in [0.2, 0.25) is 0 Å². The van der Waals surface area contributed by atoms with Gasteiger partial charge < -0.3 is 10.6 Å². The molecule has 4 heteroatoms. The largest absolute Gasteiger partial charge is 0.356 e. The smallest absolute Gasteiger partial charge is 0.219 e. The molecule has 0 spiro atoms. The van der Waals surface area contributed by atoms with Gasteiger partial charge in [0, 0.05) is 25.9 Å². The molecule has 2 amide bonds. The molecule has 1 rings (SSSR count). The van der Waals surface area contributed by atoms with E-state index >= 15 is 0 Å². The fourth-order valence-electron chi connectivity index (χ4n) is 2.51. The lowest BCUT2D eigenvalue weighted by molar-refractivity contribution is -0.122. The van der Waals surface area contributed by atoms with Crippen LogP contribution in [0.3, 0.4) is 0 Å². The molecule has 0 aliphatic carbocycles. The van der Waals surface area contributed by atoms with Crippen LogP contribution in [0, 0.1) is 0 Å². The second-order valence-corrected chi connectivity index (χ2v) is 5.74. The van der Waals surface area contributed by atoms with E-state index < -0.39 is 0 Å². The van der Waals surface area contributed by atoms with E-state index in [9.17, 15) is 9.59 Å².